The van der Waals surface area contributed by atoms with E-state index in [0.29, 0.717) is 5.69 Å². The summed E-state index contributed by atoms with van der Waals surface area (Å²) in [6.07, 6.45) is 1.22. The molecule has 0 radical (unpaired) electrons. The summed E-state index contributed by atoms with van der Waals surface area (Å²) >= 11 is 0. The second-order valence-corrected chi connectivity index (χ2v) is 4.49. The molecule has 2 rings (SSSR count). The zero-order valence-electron chi connectivity index (χ0n) is 8.03. The quantitative estimate of drug-likeness (QED) is 0.635. The molecule has 0 atom stereocenters. The number of nitrogen functional groups attached to an aromatic ring is 1. The molecule has 0 aliphatic rings. The van der Waals surface area contributed by atoms with E-state index in [-0.39, 0.29) is 10.8 Å². The molecule has 1 heterocycles. The number of benzene rings is 1. The third kappa shape index (κ3) is 2.14. The van der Waals surface area contributed by atoms with E-state index in [2.05, 4.69) is 9.68 Å². The maximum atomic E-state index is 11.7. The number of nitrogens with zero attached hydrogens (tertiary/aromatic N) is 1. The Hall–Kier alpha value is -2.02. The molecular weight excluding hydrogens is 232 g/mol. The summed E-state index contributed by atoms with van der Waals surface area (Å²) in [5.41, 5.74) is 5.92. The van der Waals surface area contributed by atoms with E-state index in [9.17, 15) is 8.42 Å². The minimum absolute atomic E-state index is 0.00435. The third-order valence-corrected chi connectivity index (χ3v) is 3.02. The summed E-state index contributed by atoms with van der Waals surface area (Å²) in [6, 6.07) is 6.95. The van der Waals surface area contributed by atoms with Crippen molar-refractivity contribution in [3.8, 4) is 5.88 Å². The fraction of sp³-hybridized carbons (Fsp3) is 0. The third-order valence-electron chi connectivity index (χ3n) is 1.78. The number of aromatic nitrogens is 1. The highest BCUT2D eigenvalue weighted by Crippen LogP contribution is 2.17. The van der Waals surface area contributed by atoms with Crippen molar-refractivity contribution < 1.29 is 17.1 Å². The normalized spacial score (nSPS) is 11.2. The molecule has 0 fully saturated rings. The van der Waals surface area contributed by atoms with E-state index in [1.54, 1.807) is 0 Å². The lowest BCUT2D eigenvalue weighted by molar-refractivity contribution is 0.383. The summed E-state index contributed by atoms with van der Waals surface area (Å²) in [7, 11) is -3.88. The largest absolute Gasteiger partial charge is 0.399 e. The number of rotatable bonds is 3. The molecule has 0 unspecified atom stereocenters. The minimum atomic E-state index is -3.88. The van der Waals surface area contributed by atoms with Gasteiger partial charge in [0, 0.05) is 11.8 Å². The van der Waals surface area contributed by atoms with Crippen LogP contribution >= 0.6 is 0 Å². The summed E-state index contributed by atoms with van der Waals surface area (Å²) in [4.78, 5) is 0.00435. The molecule has 0 saturated heterocycles. The average molecular weight is 240 g/mol. The Balaban J connectivity index is 2.29. The van der Waals surface area contributed by atoms with Gasteiger partial charge < -0.3 is 14.4 Å². The van der Waals surface area contributed by atoms with Crippen molar-refractivity contribution in [2.24, 2.45) is 0 Å². The Kier molecular flexibility index (Phi) is 2.53. The SMILES string of the molecule is Nc1ccc(S(=O)(=O)Oc2ccon2)cc1. The van der Waals surface area contributed by atoms with Crippen LogP contribution in [-0.2, 0) is 10.1 Å². The van der Waals surface area contributed by atoms with Crippen LogP contribution in [0, 0.1) is 0 Å². The van der Waals surface area contributed by atoms with Crippen LogP contribution in [-0.4, -0.2) is 13.6 Å². The van der Waals surface area contributed by atoms with E-state index in [1.165, 1.54) is 36.6 Å². The van der Waals surface area contributed by atoms with Gasteiger partial charge in [-0.15, -0.1) is 0 Å². The summed E-state index contributed by atoms with van der Waals surface area (Å²) < 4.78 is 32.5. The van der Waals surface area contributed by atoms with Crippen molar-refractivity contribution in [2.45, 2.75) is 4.90 Å². The van der Waals surface area contributed by atoms with Gasteiger partial charge in [-0.25, -0.2) is 0 Å². The molecule has 0 bridgehead atoms. The second kappa shape index (κ2) is 3.86. The molecule has 16 heavy (non-hydrogen) atoms. The fourth-order valence-electron chi connectivity index (χ4n) is 1.04. The minimum Gasteiger partial charge on any atom is -0.399 e. The van der Waals surface area contributed by atoms with Gasteiger partial charge in [0.1, 0.15) is 11.2 Å². The number of hydrogen-bond acceptors (Lipinski definition) is 6. The van der Waals surface area contributed by atoms with Crippen molar-refractivity contribution in [2.75, 3.05) is 5.73 Å². The van der Waals surface area contributed by atoms with Gasteiger partial charge in [0.25, 0.3) is 5.88 Å². The van der Waals surface area contributed by atoms with Gasteiger partial charge in [0.15, 0.2) is 0 Å². The smallest absolute Gasteiger partial charge is 0.340 e. The van der Waals surface area contributed by atoms with Crippen molar-refractivity contribution in [1.82, 2.24) is 5.16 Å². The first-order valence-electron chi connectivity index (χ1n) is 4.28. The van der Waals surface area contributed by atoms with Gasteiger partial charge in [-0.1, -0.05) is 0 Å². The molecule has 84 valence electrons. The van der Waals surface area contributed by atoms with E-state index >= 15 is 0 Å². The lowest BCUT2D eigenvalue weighted by Crippen LogP contribution is -2.09. The van der Waals surface area contributed by atoms with Crippen LogP contribution in [0.3, 0.4) is 0 Å². The highest BCUT2D eigenvalue weighted by molar-refractivity contribution is 7.87. The Morgan fingerprint density at radius 1 is 1.19 bits per heavy atom. The number of nitrogens with two attached hydrogens (primary N) is 1. The Morgan fingerprint density at radius 3 is 2.44 bits per heavy atom. The monoisotopic (exact) mass is 240 g/mol. The average Bonchev–Trinajstić information content (AvgIpc) is 2.70. The van der Waals surface area contributed by atoms with Gasteiger partial charge in [-0.2, -0.15) is 8.42 Å². The molecule has 1 aromatic heterocycles. The fourth-order valence-corrected chi connectivity index (χ4v) is 1.92. The number of anilines is 1. The molecule has 0 saturated carbocycles. The van der Waals surface area contributed by atoms with Crippen LogP contribution in [0.4, 0.5) is 5.69 Å². The van der Waals surface area contributed by atoms with Crippen LogP contribution < -0.4 is 9.92 Å². The Labute approximate surface area is 91.7 Å². The van der Waals surface area contributed by atoms with Crippen LogP contribution in [0.25, 0.3) is 0 Å². The Bertz CT molecular complexity index is 560. The first kappa shape index (κ1) is 10.5. The molecule has 2 N–H and O–H groups in total. The van der Waals surface area contributed by atoms with E-state index in [4.69, 9.17) is 9.92 Å². The van der Waals surface area contributed by atoms with Gasteiger partial charge in [-0.05, 0) is 29.4 Å². The van der Waals surface area contributed by atoms with Crippen molar-refractivity contribution in [1.29, 1.82) is 0 Å². The molecule has 0 aliphatic heterocycles. The van der Waals surface area contributed by atoms with Crippen LogP contribution in [0.2, 0.25) is 0 Å². The van der Waals surface area contributed by atoms with Crippen LogP contribution in [0.5, 0.6) is 5.88 Å². The van der Waals surface area contributed by atoms with Gasteiger partial charge in [-0.3, -0.25) is 0 Å². The first-order valence-corrected chi connectivity index (χ1v) is 5.69. The standard InChI is InChI=1S/C9H8N2O4S/c10-7-1-3-8(4-2-7)16(12,13)15-9-5-6-14-11-9/h1-6H,10H2. The molecule has 0 aliphatic carbocycles. The molecule has 1 aromatic carbocycles. The zero-order valence-corrected chi connectivity index (χ0v) is 8.85. The topological polar surface area (TPSA) is 95.4 Å². The lowest BCUT2D eigenvalue weighted by atomic mass is 10.3. The van der Waals surface area contributed by atoms with E-state index in [1.807, 2.05) is 0 Å². The number of hydrogen-bond donors (Lipinski definition) is 1. The van der Waals surface area contributed by atoms with E-state index in [0.717, 1.165) is 0 Å². The maximum Gasteiger partial charge on any atom is 0.340 e. The molecular formula is C9H8N2O4S. The van der Waals surface area contributed by atoms with Crippen LogP contribution in [0.15, 0.2) is 46.0 Å². The lowest BCUT2D eigenvalue weighted by Gasteiger charge is -2.03. The van der Waals surface area contributed by atoms with Crippen molar-refractivity contribution in [3.63, 3.8) is 0 Å². The molecule has 0 amide bonds. The first-order chi connectivity index (χ1) is 7.58. The summed E-state index contributed by atoms with van der Waals surface area (Å²) in [6.45, 7) is 0. The molecule has 6 nitrogen and oxygen atoms in total. The highest BCUT2D eigenvalue weighted by Gasteiger charge is 2.17. The van der Waals surface area contributed by atoms with Crippen molar-refractivity contribution in [3.05, 3.63) is 36.6 Å². The van der Waals surface area contributed by atoms with Crippen molar-refractivity contribution >= 4 is 15.8 Å². The molecule has 0 spiro atoms. The summed E-state index contributed by atoms with van der Waals surface area (Å²) in [5.74, 6) is -0.114. The molecule has 7 heteroatoms. The van der Waals surface area contributed by atoms with Crippen LogP contribution in [0.1, 0.15) is 0 Å². The van der Waals surface area contributed by atoms with Gasteiger partial charge >= 0.3 is 10.1 Å². The van der Waals surface area contributed by atoms with E-state index < -0.39 is 10.1 Å². The van der Waals surface area contributed by atoms with Gasteiger partial charge in [0.05, 0.1) is 0 Å². The second-order valence-electron chi connectivity index (χ2n) is 2.94. The summed E-state index contributed by atoms with van der Waals surface area (Å²) in [5, 5.41) is 3.34. The maximum absolute atomic E-state index is 11.7. The highest BCUT2D eigenvalue weighted by atomic mass is 32.2. The molecule has 2 aromatic rings. The van der Waals surface area contributed by atoms with Gasteiger partial charge in [0.2, 0.25) is 0 Å². The predicted molar refractivity (Wildman–Crippen MR) is 55.2 cm³/mol. The Morgan fingerprint density at radius 2 is 1.88 bits per heavy atom. The zero-order chi connectivity index (χ0) is 11.6. The predicted octanol–water partition coefficient (Wildman–Crippen LogP) is 1.02.